The molecule has 2 aromatic rings. The normalized spacial score (nSPS) is 17.8. The number of benzene rings is 1. The van der Waals surface area contributed by atoms with Gasteiger partial charge in [0.25, 0.3) is 0 Å². The van der Waals surface area contributed by atoms with Crippen molar-refractivity contribution in [2.24, 2.45) is 0 Å². The maximum Gasteiger partial charge on any atom is 0.199 e. The second-order valence-electron chi connectivity index (χ2n) is 4.28. The van der Waals surface area contributed by atoms with E-state index in [1.807, 2.05) is 31.4 Å². The molecule has 3 heteroatoms. The zero-order valence-electron chi connectivity index (χ0n) is 9.92. The molecule has 17 heavy (non-hydrogen) atoms. The van der Waals surface area contributed by atoms with Gasteiger partial charge in [0, 0.05) is 24.9 Å². The Kier molecular flexibility index (Phi) is 2.25. The third-order valence-corrected chi connectivity index (χ3v) is 3.19. The number of nitrogens with zero attached hydrogens (tertiary/aromatic N) is 2. The minimum atomic E-state index is -0.0459. The Morgan fingerprint density at radius 3 is 2.82 bits per heavy atom. The predicted molar refractivity (Wildman–Crippen MR) is 67.2 cm³/mol. The number of hydrogen-bond acceptors (Lipinski definition) is 3. The van der Waals surface area contributed by atoms with E-state index in [1.54, 1.807) is 6.20 Å². The molecule has 0 saturated carbocycles. The van der Waals surface area contributed by atoms with E-state index >= 15 is 0 Å². The van der Waals surface area contributed by atoms with Gasteiger partial charge in [-0.3, -0.25) is 4.98 Å². The first-order valence-electron chi connectivity index (χ1n) is 5.66. The summed E-state index contributed by atoms with van der Waals surface area (Å²) in [6.07, 6.45) is 3.55. The van der Waals surface area contributed by atoms with Gasteiger partial charge < -0.3 is 9.64 Å². The van der Waals surface area contributed by atoms with Crippen molar-refractivity contribution in [3.05, 3.63) is 53.9 Å². The van der Waals surface area contributed by atoms with Gasteiger partial charge >= 0.3 is 0 Å². The van der Waals surface area contributed by atoms with Crippen LogP contribution in [0.4, 0.5) is 5.69 Å². The topological polar surface area (TPSA) is 25.4 Å². The SMILES string of the molecule is Cc1ccccc1C1Oc2ccncc2N1C. The van der Waals surface area contributed by atoms with Gasteiger partial charge in [0.05, 0.1) is 6.20 Å². The van der Waals surface area contributed by atoms with Crippen LogP contribution in [0, 0.1) is 6.92 Å². The molecule has 0 saturated heterocycles. The molecule has 1 atom stereocenters. The van der Waals surface area contributed by atoms with Crippen molar-refractivity contribution in [3.63, 3.8) is 0 Å². The second kappa shape index (κ2) is 3.77. The quantitative estimate of drug-likeness (QED) is 0.747. The Labute approximate surface area is 101 Å². The molecule has 1 unspecified atom stereocenters. The van der Waals surface area contributed by atoms with E-state index in [2.05, 4.69) is 28.9 Å². The Hall–Kier alpha value is -2.03. The molecule has 0 bridgehead atoms. The molecule has 2 heterocycles. The number of aryl methyl sites for hydroxylation is 1. The fourth-order valence-corrected chi connectivity index (χ4v) is 2.20. The molecule has 0 spiro atoms. The van der Waals surface area contributed by atoms with Gasteiger partial charge in [0.15, 0.2) is 6.23 Å². The van der Waals surface area contributed by atoms with Crippen LogP contribution in [-0.4, -0.2) is 12.0 Å². The van der Waals surface area contributed by atoms with Crippen LogP contribution < -0.4 is 9.64 Å². The van der Waals surface area contributed by atoms with Gasteiger partial charge in [-0.1, -0.05) is 24.3 Å². The van der Waals surface area contributed by atoms with E-state index < -0.39 is 0 Å². The molecule has 1 aliphatic heterocycles. The van der Waals surface area contributed by atoms with Gasteiger partial charge in [-0.25, -0.2) is 0 Å². The molecule has 0 radical (unpaired) electrons. The molecular formula is C14H14N2O. The van der Waals surface area contributed by atoms with Gasteiger partial charge in [-0.15, -0.1) is 0 Å². The largest absolute Gasteiger partial charge is 0.464 e. The molecular weight excluding hydrogens is 212 g/mol. The zero-order valence-corrected chi connectivity index (χ0v) is 9.92. The zero-order chi connectivity index (χ0) is 11.8. The fourth-order valence-electron chi connectivity index (χ4n) is 2.20. The average molecular weight is 226 g/mol. The highest BCUT2D eigenvalue weighted by atomic mass is 16.5. The summed E-state index contributed by atoms with van der Waals surface area (Å²) in [6, 6.07) is 10.2. The number of hydrogen-bond donors (Lipinski definition) is 0. The summed E-state index contributed by atoms with van der Waals surface area (Å²) in [5, 5.41) is 0. The predicted octanol–water partition coefficient (Wildman–Crippen LogP) is 2.92. The summed E-state index contributed by atoms with van der Waals surface area (Å²) in [5.74, 6) is 0.899. The fraction of sp³-hybridized carbons (Fsp3) is 0.214. The summed E-state index contributed by atoms with van der Waals surface area (Å²) in [6.45, 7) is 2.10. The highest BCUT2D eigenvalue weighted by Crippen LogP contribution is 2.41. The van der Waals surface area contributed by atoms with Crippen molar-refractivity contribution >= 4 is 5.69 Å². The van der Waals surface area contributed by atoms with Gasteiger partial charge in [-0.2, -0.15) is 0 Å². The van der Waals surface area contributed by atoms with Crippen molar-refractivity contribution in [2.75, 3.05) is 11.9 Å². The molecule has 3 nitrogen and oxygen atoms in total. The van der Waals surface area contributed by atoms with Crippen LogP contribution in [0.15, 0.2) is 42.7 Å². The third kappa shape index (κ3) is 1.55. The first kappa shape index (κ1) is 10.1. The monoisotopic (exact) mass is 226 g/mol. The van der Waals surface area contributed by atoms with Crippen LogP contribution in [0.2, 0.25) is 0 Å². The standard InChI is InChI=1S/C14H14N2O/c1-10-5-3-4-6-11(10)14-16(2)12-9-15-8-7-13(12)17-14/h3-9,14H,1-2H3. The maximum atomic E-state index is 5.97. The van der Waals surface area contributed by atoms with Crippen LogP contribution in [-0.2, 0) is 0 Å². The molecule has 1 aliphatic rings. The number of anilines is 1. The van der Waals surface area contributed by atoms with Crippen LogP contribution in [0.3, 0.4) is 0 Å². The van der Waals surface area contributed by atoms with E-state index in [9.17, 15) is 0 Å². The Morgan fingerprint density at radius 2 is 2.06 bits per heavy atom. The van der Waals surface area contributed by atoms with Gasteiger partial charge in [0.1, 0.15) is 11.4 Å². The number of ether oxygens (including phenoxy) is 1. The lowest BCUT2D eigenvalue weighted by Gasteiger charge is -2.22. The van der Waals surface area contributed by atoms with Crippen LogP contribution in [0.1, 0.15) is 17.4 Å². The third-order valence-electron chi connectivity index (χ3n) is 3.19. The highest BCUT2D eigenvalue weighted by molar-refractivity contribution is 5.61. The first-order chi connectivity index (χ1) is 8.27. The molecule has 0 amide bonds. The Balaban J connectivity index is 2.02. The van der Waals surface area contributed by atoms with Crippen molar-refractivity contribution in [1.29, 1.82) is 0 Å². The van der Waals surface area contributed by atoms with E-state index in [-0.39, 0.29) is 6.23 Å². The lowest BCUT2D eigenvalue weighted by Crippen LogP contribution is -2.23. The van der Waals surface area contributed by atoms with E-state index in [1.165, 1.54) is 11.1 Å². The number of rotatable bonds is 1. The molecule has 0 aliphatic carbocycles. The summed E-state index contributed by atoms with van der Waals surface area (Å²) in [7, 11) is 2.03. The van der Waals surface area contributed by atoms with Crippen molar-refractivity contribution in [1.82, 2.24) is 4.98 Å². The van der Waals surface area contributed by atoms with Crippen LogP contribution >= 0.6 is 0 Å². The minimum absolute atomic E-state index is 0.0459. The minimum Gasteiger partial charge on any atom is -0.464 e. The molecule has 86 valence electrons. The molecule has 1 aromatic carbocycles. The molecule has 1 aromatic heterocycles. The molecule has 0 N–H and O–H groups in total. The smallest absolute Gasteiger partial charge is 0.199 e. The number of pyridine rings is 1. The maximum absolute atomic E-state index is 5.97. The van der Waals surface area contributed by atoms with Crippen molar-refractivity contribution in [2.45, 2.75) is 13.2 Å². The second-order valence-corrected chi connectivity index (χ2v) is 4.28. The number of aromatic nitrogens is 1. The Morgan fingerprint density at radius 1 is 1.24 bits per heavy atom. The summed E-state index contributed by atoms with van der Waals surface area (Å²) in [5.41, 5.74) is 3.48. The van der Waals surface area contributed by atoms with Crippen molar-refractivity contribution in [3.8, 4) is 5.75 Å². The Bertz CT molecular complexity index is 553. The van der Waals surface area contributed by atoms with E-state index in [4.69, 9.17) is 4.74 Å². The van der Waals surface area contributed by atoms with Crippen LogP contribution in [0.25, 0.3) is 0 Å². The highest BCUT2D eigenvalue weighted by Gasteiger charge is 2.30. The summed E-state index contributed by atoms with van der Waals surface area (Å²) in [4.78, 5) is 6.25. The van der Waals surface area contributed by atoms with Crippen LogP contribution in [0.5, 0.6) is 5.75 Å². The van der Waals surface area contributed by atoms with E-state index in [0.717, 1.165) is 11.4 Å². The molecule has 0 fully saturated rings. The number of fused-ring (bicyclic) bond motifs is 1. The lowest BCUT2D eigenvalue weighted by molar-refractivity contribution is 0.234. The van der Waals surface area contributed by atoms with Gasteiger partial charge in [0.2, 0.25) is 0 Å². The first-order valence-corrected chi connectivity index (χ1v) is 5.66. The molecule has 3 rings (SSSR count). The lowest BCUT2D eigenvalue weighted by atomic mass is 10.1. The average Bonchev–Trinajstić information content (AvgIpc) is 2.68. The van der Waals surface area contributed by atoms with E-state index in [0.29, 0.717) is 0 Å². The van der Waals surface area contributed by atoms with Crippen molar-refractivity contribution < 1.29 is 4.74 Å². The summed E-state index contributed by atoms with van der Waals surface area (Å²) < 4.78 is 5.97. The summed E-state index contributed by atoms with van der Waals surface area (Å²) >= 11 is 0. The van der Waals surface area contributed by atoms with Gasteiger partial charge in [-0.05, 0) is 12.5 Å².